The molecule has 40 heavy (non-hydrogen) atoms. The number of hydrogen-bond donors (Lipinski definition) is 1. The number of nitrogens with zero attached hydrogens (tertiary/aromatic N) is 3. The first kappa shape index (κ1) is 30.4. The Morgan fingerprint density at radius 3 is 2.42 bits per heavy atom. The van der Waals surface area contributed by atoms with E-state index in [0.717, 1.165) is 24.9 Å². The van der Waals surface area contributed by atoms with Crippen molar-refractivity contribution in [1.82, 2.24) is 9.80 Å². The molecule has 0 saturated carbocycles. The zero-order chi connectivity index (χ0) is 29.2. The Morgan fingerprint density at radius 1 is 1.18 bits per heavy atom. The van der Waals surface area contributed by atoms with Crippen molar-refractivity contribution >= 4 is 35.2 Å². The van der Waals surface area contributed by atoms with Crippen LogP contribution in [0.15, 0.2) is 55.6 Å². The van der Waals surface area contributed by atoms with E-state index in [9.17, 15) is 19.5 Å². The molecule has 7 nitrogen and oxygen atoms in total. The number of anilines is 1. The molecule has 4 rings (SSSR count). The summed E-state index contributed by atoms with van der Waals surface area (Å²) in [6.07, 6.45) is 6.51. The van der Waals surface area contributed by atoms with Gasteiger partial charge in [-0.1, -0.05) is 57.5 Å². The van der Waals surface area contributed by atoms with Gasteiger partial charge in [-0.2, -0.15) is 0 Å². The maximum absolute atomic E-state index is 14.6. The third-order valence-electron chi connectivity index (χ3n) is 9.27. The Hall–Kier alpha value is -2.58. The number of fused-ring (bicyclic) bond motifs is 1. The highest BCUT2D eigenvalue weighted by atomic mass is 32.2. The molecule has 1 aromatic rings. The maximum atomic E-state index is 14.6. The zero-order valence-corrected chi connectivity index (χ0v) is 25.2. The molecule has 2 bridgehead atoms. The van der Waals surface area contributed by atoms with Crippen LogP contribution in [-0.2, 0) is 14.4 Å². The fraction of sp³-hybridized carbons (Fsp3) is 0.594. The monoisotopic (exact) mass is 567 g/mol. The van der Waals surface area contributed by atoms with Crippen LogP contribution in [-0.4, -0.2) is 80.4 Å². The van der Waals surface area contributed by atoms with Gasteiger partial charge < -0.3 is 19.8 Å². The number of para-hydroxylation sites is 1. The smallest absolute Gasteiger partial charge is 0.247 e. The highest BCUT2D eigenvalue weighted by Gasteiger charge is 2.77. The minimum Gasteiger partial charge on any atom is -0.394 e. The number of amides is 3. The van der Waals surface area contributed by atoms with Crippen LogP contribution in [0.4, 0.5) is 5.69 Å². The van der Waals surface area contributed by atoms with E-state index in [0.29, 0.717) is 19.5 Å². The molecule has 0 aliphatic carbocycles. The van der Waals surface area contributed by atoms with Crippen molar-refractivity contribution in [3.8, 4) is 0 Å². The van der Waals surface area contributed by atoms with Crippen molar-refractivity contribution in [3.05, 3.63) is 55.6 Å². The summed E-state index contributed by atoms with van der Waals surface area (Å²) in [5.74, 6) is -1.48. The highest BCUT2D eigenvalue weighted by molar-refractivity contribution is 8.02. The average molecular weight is 568 g/mol. The number of likely N-dealkylation sites (tertiary alicyclic amines) is 1. The number of carbonyl (C=O) groups excluding carboxylic acids is 3. The summed E-state index contributed by atoms with van der Waals surface area (Å²) in [5, 5.41) is 10.3. The molecular formula is C32H45N3O4S. The molecule has 1 aromatic carbocycles. The van der Waals surface area contributed by atoms with Crippen LogP contribution in [0.3, 0.4) is 0 Å². The summed E-state index contributed by atoms with van der Waals surface area (Å²) < 4.78 is -0.732. The largest absolute Gasteiger partial charge is 0.394 e. The van der Waals surface area contributed by atoms with Crippen molar-refractivity contribution in [2.45, 2.75) is 81.5 Å². The van der Waals surface area contributed by atoms with Crippen molar-refractivity contribution in [2.24, 2.45) is 17.8 Å². The first-order chi connectivity index (χ1) is 19.2. The maximum Gasteiger partial charge on any atom is 0.247 e. The van der Waals surface area contributed by atoms with Gasteiger partial charge in [0.25, 0.3) is 0 Å². The first-order valence-electron chi connectivity index (χ1n) is 14.7. The molecule has 3 heterocycles. The molecule has 1 spiro atoms. The molecule has 0 radical (unpaired) electrons. The van der Waals surface area contributed by atoms with E-state index in [2.05, 4.69) is 27.0 Å². The number of rotatable bonds is 13. The summed E-state index contributed by atoms with van der Waals surface area (Å²) in [6.45, 7) is 16.5. The molecule has 3 aliphatic rings. The highest BCUT2D eigenvalue weighted by Crippen LogP contribution is 2.69. The molecule has 3 saturated heterocycles. The summed E-state index contributed by atoms with van der Waals surface area (Å²) in [6, 6.07) is 8.25. The molecule has 8 atom stereocenters. The predicted octanol–water partition coefficient (Wildman–Crippen LogP) is 4.52. The van der Waals surface area contributed by atoms with Gasteiger partial charge in [-0.25, -0.2) is 0 Å². The lowest BCUT2D eigenvalue weighted by Crippen LogP contribution is -2.60. The van der Waals surface area contributed by atoms with Crippen LogP contribution in [0, 0.1) is 17.8 Å². The number of benzene rings is 1. The third kappa shape index (κ3) is 4.81. The molecule has 3 fully saturated rings. The second kappa shape index (κ2) is 12.5. The summed E-state index contributed by atoms with van der Waals surface area (Å²) in [7, 11) is 0. The first-order valence-corrected chi connectivity index (χ1v) is 15.6. The van der Waals surface area contributed by atoms with Crippen LogP contribution in [0.2, 0.25) is 0 Å². The molecule has 0 aromatic heterocycles. The van der Waals surface area contributed by atoms with E-state index >= 15 is 0 Å². The molecule has 3 aliphatic heterocycles. The van der Waals surface area contributed by atoms with E-state index < -0.39 is 28.7 Å². The topological polar surface area (TPSA) is 81.2 Å². The summed E-state index contributed by atoms with van der Waals surface area (Å²) >= 11 is 1.68. The van der Waals surface area contributed by atoms with Gasteiger partial charge in [0.15, 0.2) is 0 Å². The fourth-order valence-electron chi connectivity index (χ4n) is 7.42. The standard InChI is InChI=1S/C32H45N3O4S/c1-7-14-22(6)33(17-8-2)31(39)28-32-21(5)19-25(40-32)26(27(32)30(38)35(28)23(10-4)20-36)29(37)34(18-9-3)24-15-12-11-13-16-24/h8-9,11-13,15-16,21-23,25-28,36H,2-3,7,10,14,17-20H2,1,4-6H3/t21?,22?,23-,25-,26+,27-,28?,32?/m0/s1. The average Bonchev–Trinajstić information content (AvgIpc) is 3.55. The number of aliphatic hydroxyl groups is 1. The normalized spacial score (nSPS) is 30.1. The van der Waals surface area contributed by atoms with Gasteiger partial charge in [0.1, 0.15) is 6.04 Å². The Morgan fingerprint density at radius 2 is 1.85 bits per heavy atom. The summed E-state index contributed by atoms with van der Waals surface area (Å²) in [5.41, 5.74) is 0.768. The van der Waals surface area contributed by atoms with E-state index in [1.165, 1.54) is 0 Å². The Bertz CT molecular complexity index is 1110. The van der Waals surface area contributed by atoms with Crippen LogP contribution in [0.5, 0.6) is 0 Å². The van der Waals surface area contributed by atoms with Gasteiger partial charge in [0.05, 0.1) is 29.2 Å². The number of thioether (sulfide) groups is 1. The van der Waals surface area contributed by atoms with Gasteiger partial charge in [-0.3, -0.25) is 14.4 Å². The second-order valence-electron chi connectivity index (χ2n) is 11.5. The van der Waals surface area contributed by atoms with Crippen LogP contribution >= 0.6 is 11.8 Å². The minimum absolute atomic E-state index is 0.0189. The lowest BCUT2D eigenvalue weighted by atomic mass is 9.65. The van der Waals surface area contributed by atoms with Crippen LogP contribution in [0.25, 0.3) is 0 Å². The molecule has 4 unspecified atom stereocenters. The van der Waals surface area contributed by atoms with Gasteiger partial charge in [-0.05, 0) is 44.2 Å². The Balaban J connectivity index is 1.82. The van der Waals surface area contributed by atoms with E-state index in [1.54, 1.807) is 33.7 Å². The van der Waals surface area contributed by atoms with Gasteiger partial charge >= 0.3 is 0 Å². The lowest BCUT2D eigenvalue weighted by Gasteiger charge is -2.43. The van der Waals surface area contributed by atoms with Gasteiger partial charge in [0.2, 0.25) is 17.7 Å². The second-order valence-corrected chi connectivity index (χ2v) is 13.1. The number of carbonyl (C=O) groups is 3. The van der Waals surface area contributed by atoms with Crippen molar-refractivity contribution in [3.63, 3.8) is 0 Å². The SMILES string of the molecule is C=CCN(C(=O)[C@@H]1[C@@H]2CC(C)C3(S2)C(C(=O)N(CC=C)C(C)CCC)N([C@@H](CC)CO)C(=O)[C@H]13)c1ccccc1. The molecule has 1 N–H and O–H groups in total. The van der Waals surface area contributed by atoms with E-state index in [4.69, 9.17) is 0 Å². The third-order valence-corrected chi connectivity index (χ3v) is 11.3. The lowest BCUT2D eigenvalue weighted by molar-refractivity contribution is -0.146. The number of hydrogen-bond acceptors (Lipinski definition) is 5. The van der Waals surface area contributed by atoms with Crippen molar-refractivity contribution in [1.29, 1.82) is 0 Å². The predicted molar refractivity (Wildman–Crippen MR) is 162 cm³/mol. The van der Waals surface area contributed by atoms with Crippen LogP contribution in [0.1, 0.15) is 53.4 Å². The molecule has 218 valence electrons. The van der Waals surface area contributed by atoms with E-state index in [1.807, 2.05) is 49.1 Å². The molecule has 3 amide bonds. The molecule has 8 heteroatoms. The summed E-state index contributed by atoms with van der Waals surface area (Å²) in [4.78, 5) is 48.8. The van der Waals surface area contributed by atoms with Crippen molar-refractivity contribution < 1.29 is 19.5 Å². The van der Waals surface area contributed by atoms with Crippen molar-refractivity contribution in [2.75, 3.05) is 24.6 Å². The van der Waals surface area contributed by atoms with Gasteiger partial charge in [-0.15, -0.1) is 24.9 Å². The zero-order valence-electron chi connectivity index (χ0n) is 24.4. The Labute approximate surface area is 243 Å². The number of aliphatic hydroxyl groups excluding tert-OH is 1. The molecular weight excluding hydrogens is 522 g/mol. The van der Waals surface area contributed by atoms with Gasteiger partial charge in [0, 0.05) is 30.1 Å². The van der Waals surface area contributed by atoms with E-state index in [-0.39, 0.29) is 41.5 Å². The van der Waals surface area contributed by atoms with Crippen LogP contribution < -0.4 is 4.90 Å². The fourth-order valence-corrected chi connectivity index (χ4v) is 9.82. The Kier molecular flexibility index (Phi) is 9.51. The minimum atomic E-state index is -0.742. The quantitative estimate of drug-likeness (QED) is 0.355.